The predicted octanol–water partition coefficient (Wildman–Crippen LogP) is 3.11. The van der Waals surface area contributed by atoms with Crippen molar-refractivity contribution in [1.29, 1.82) is 0 Å². The van der Waals surface area contributed by atoms with Crippen LogP contribution < -0.4 is 5.32 Å². The molecule has 1 saturated heterocycles. The quantitative estimate of drug-likeness (QED) is 0.205. The molecule has 0 bridgehead atoms. The fraction of sp³-hybridized carbons (Fsp3) is 0.929. The Balaban J connectivity index is 2.39. The molecule has 146 valence electrons. The van der Waals surface area contributed by atoms with Gasteiger partial charge in [-0.25, -0.2) is 0 Å². The van der Waals surface area contributed by atoms with E-state index < -0.39 is 45.4 Å². The first-order chi connectivity index (χ1) is 11.2. The van der Waals surface area contributed by atoms with Crippen molar-refractivity contribution in [3.63, 3.8) is 0 Å². The van der Waals surface area contributed by atoms with Crippen molar-refractivity contribution in [2.75, 3.05) is 6.54 Å². The zero-order chi connectivity index (χ0) is 19.3. The monoisotopic (exact) mass is 489 g/mol. The molecule has 25 heavy (non-hydrogen) atoms. The van der Waals surface area contributed by atoms with E-state index in [0.29, 0.717) is 19.4 Å². The second-order valence-electron chi connectivity index (χ2n) is 6.67. The molecule has 0 aromatic rings. The van der Waals surface area contributed by atoms with E-state index in [4.69, 9.17) is 4.74 Å². The Kier molecular flexibility index (Phi) is 5.63. The highest BCUT2D eigenvalue weighted by atomic mass is 127. The van der Waals surface area contributed by atoms with Gasteiger partial charge >= 0.3 is 18.3 Å². The lowest BCUT2D eigenvalue weighted by Gasteiger charge is -2.41. The van der Waals surface area contributed by atoms with Crippen molar-refractivity contribution in [2.24, 2.45) is 5.92 Å². The molecule has 4 nitrogen and oxygen atoms in total. The van der Waals surface area contributed by atoms with Gasteiger partial charge in [0.1, 0.15) is 3.42 Å². The molecule has 3 atom stereocenters. The lowest BCUT2D eigenvalue weighted by molar-refractivity contribution is -0.395. The lowest BCUT2D eigenvalue weighted by Crippen LogP contribution is -2.67. The summed E-state index contributed by atoms with van der Waals surface area (Å²) >= 11 is 1.64. The van der Waals surface area contributed by atoms with Gasteiger partial charge in [0.25, 0.3) is 5.60 Å². The zero-order valence-corrected chi connectivity index (χ0v) is 15.3. The maximum absolute atomic E-state index is 13.2. The van der Waals surface area contributed by atoms with Gasteiger partial charge in [-0.15, -0.1) is 0 Å². The molecule has 2 rings (SSSR count). The van der Waals surface area contributed by atoms with Gasteiger partial charge in [0.15, 0.2) is 6.10 Å². The average molecular weight is 489 g/mol. The third kappa shape index (κ3) is 3.87. The molecule has 3 unspecified atom stereocenters. The van der Waals surface area contributed by atoms with Crippen molar-refractivity contribution >= 4 is 28.6 Å². The first kappa shape index (κ1) is 21.0. The van der Waals surface area contributed by atoms with E-state index in [2.05, 4.69) is 5.32 Å². The van der Waals surface area contributed by atoms with Crippen LogP contribution in [0.2, 0.25) is 0 Å². The number of alkyl halides is 7. The van der Waals surface area contributed by atoms with Crippen LogP contribution in [0.15, 0.2) is 0 Å². The SMILES string of the molecule is CC(I)(C(=O)OC(C1CCCC1)C(O)(C(F)(F)F)C(F)(F)F)C1CN1. The van der Waals surface area contributed by atoms with E-state index in [-0.39, 0.29) is 12.8 Å². The lowest BCUT2D eigenvalue weighted by atomic mass is 9.84. The number of aliphatic hydroxyl groups is 1. The van der Waals surface area contributed by atoms with E-state index in [0.717, 1.165) is 0 Å². The molecule has 2 N–H and O–H groups in total. The first-order valence-corrected chi connectivity index (χ1v) is 8.80. The predicted molar refractivity (Wildman–Crippen MR) is 83.1 cm³/mol. The summed E-state index contributed by atoms with van der Waals surface area (Å²) in [5.41, 5.74) is -5.10. The van der Waals surface area contributed by atoms with Gasteiger partial charge in [-0.1, -0.05) is 35.4 Å². The molecule has 11 heteroatoms. The Morgan fingerprint density at radius 1 is 1.16 bits per heavy atom. The Labute approximate surface area is 153 Å². The minimum atomic E-state index is -6.03. The standard InChI is InChI=1S/C14H18F6INO3/c1-11(21,8-6-22-8)10(23)25-9(7-4-2-3-5-7)12(24,13(15,16)17)14(18,19)20/h7-9,22,24H,2-6H2,1H3. The maximum atomic E-state index is 13.2. The number of halogens is 7. The Hall–Kier alpha value is -0.300. The second-order valence-corrected chi connectivity index (χ2v) is 8.91. The van der Waals surface area contributed by atoms with Gasteiger partial charge in [0.05, 0.1) is 0 Å². The van der Waals surface area contributed by atoms with Gasteiger partial charge in [-0.2, -0.15) is 26.3 Å². The third-order valence-corrected chi connectivity index (χ3v) is 5.99. The molecule has 0 aromatic heterocycles. The van der Waals surface area contributed by atoms with E-state index in [9.17, 15) is 36.2 Å². The zero-order valence-electron chi connectivity index (χ0n) is 13.2. The smallest absolute Gasteiger partial charge is 0.430 e. The first-order valence-electron chi connectivity index (χ1n) is 7.72. The summed E-state index contributed by atoms with van der Waals surface area (Å²) in [6, 6.07) is -0.394. The molecule has 1 heterocycles. The third-order valence-electron chi connectivity index (χ3n) is 4.80. The van der Waals surface area contributed by atoms with Crippen molar-refractivity contribution in [3.05, 3.63) is 0 Å². The second kappa shape index (κ2) is 6.70. The summed E-state index contributed by atoms with van der Waals surface area (Å²) in [4.78, 5) is 12.3. The number of hydrogen-bond acceptors (Lipinski definition) is 4. The van der Waals surface area contributed by atoms with Crippen LogP contribution in [0, 0.1) is 5.92 Å². The molecule has 1 saturated carbocycles. The number of rotatable bonds is 5. The molecular formula is C14H18F6INO3. The molecule has 0 spiro atoms. The topological polar surface area (TPSA) is 68.5 Å². The number of nitrogens with one attached hydrogen (secondary N) is 1. The largest absolute Gasteiger partial charge is 0.457 e. The summed E-state index contributed by atoms with van der Waals surface area (Å²) in [6.45, 7) is 1.78. The van der Waals surface area contributed by atoms with Crippen molar-refractivity contribution < 1.29 is 41.0 Å². The summed E-state index contributed by atoms with van der Waals surface area (Å²) in [5.74, 6) is -2.41. The molecular weight excluding hydrogens is 471 g/mol. The Morgan fingerprint density at radius 2 is 1.60 bits per heavy atom. The number of ether oxygens (including phenoxy) is 1. The minimum Gasteiger partial charge on any atom is -0.457 e. The highest BCUT2D eigenvalue weighted by molar-refractivity contribution is 14.1. The normalized spacial score (nSPS) is 26.2. The van der Waals surface area contributed by atoms with Crippen LogP contribution in [0.3, 0.4) is 0 Å². The van der Waals surface area contributed by atoms with Crippen LogP contribution in [0.25, 0.3) is 0 Å². The Morgan fingerprint density at radius 3 is 1.96 bits per heavy atom. The van der Waals surface area contributed by atoms with Crippen molar-refractivity contribution in [1.82, 2.24) is 5.32 Å². The Bertz CT molecular complexity index is 498. The fourth-order valence-electron chi connectivity index (χ4n) is 3.08. The van der Waals surface area contributed by atoms with Gasteiger partial charge in [-0.05, 0) is 25.7 Å². The maximum Gasteiger partial charge on any atom is 0.430 e. The van der Waals surface area contributed by atoms with Crippen LogP contribution in [0.4, 0.5) is 26.3 Å². The van der Waals surface area contributed by atoms with E-state index >= 15 is 0 Å². The van der Waals surface area contributed by atoms with Crippen LogP contribution in [-0.2, 0) is 9.53 Å². The van der Waals surface area contributed by atoms with Gasteiger partial charge < -0.3 is 15.2 Å². The molecule has 0 radical (unpaired) electrons. The fourth-order valence-corrected chi connectivity index (χ4v) is 3.65. The minimum absolute atomic E-state index is 0.0199. The molecule has 1 aliphatic heterocycles. The van der Waals surface area contributed by atoms with E-state index in [1.165, 1.54) is 6.92 Å². The molecule has 0 aromatic carbocycles. The number of hydrogen-bond donors (Lipinski definition) is 2. The van der Waals surface area contributed by atoms with E-state index in [1.54, 1.807) is 22.6 Å². The van der Waals surface area contributed by atoms with Gasteiger partial charge in [0, 0.05) is 12.6 Å². The number of carbonyl (C=O) groups excluding carboxylic acids is 1. The van der Waals surface area contributed by atoms with Gasteiger partial charge in [0.2, 0.25) is 0 Å². The summed E-state index contributed by atoms with van der Waals surface area (Å²) in [6.07, 6.45) is -13.9. The summed E-state index contributed by atoms with van der Waals surface area (Å²) in [5, 5.41) is 12.5. The van der Waals surface area contributed by atoms with E-state index in [1.807, 2.05) is 0 Å². The summed E-state index contributed by atoms with van der Waals surface area (Å²) in [7, 11) is 0. The molecule has 0 amide bonds. The highest BCUT2D eigenvalue weighted by Gasteiger charge is 2.76. The number of carbonyl (C=O) groups is 1. The molecule has 1 aliphatic carbocycles. The molecule has 2 fully saturated rings. The van der Waals surface area contributed by atoms with Crippen LogP contribution in [0.5, 0.6) is 0 Å². The van der Waals surface area contributed by atoms with Crippen molar-refractivity contribution in [2.45, 2.75) is 66.1 Å². The summed E-state index contributed by atoms with van der Waals surface area (Å²) < 4.78 is 82.9. The van der Waals surface area contributed by atoms with Crippen LogP contribution in [0.1, 0.15) is 32.6 Å². The highest BCUT2D eigenvalue weighted by Crippen LogP contribution is 2.50. The molecule has 2 aliphatic rings. The van der Waals surface area contributed by atoms with Crippen LogP contribution in [-0.4, -0.2) is 51.1 Å². The van der Waals surface area contributed by atoms with Gasteiger partial charge in [-0.3, -0.25) is 4.79 Å². The number of esters is 1. The average Bonchev–Trinajstić information content (AvgIpc) is 3.18. The van der Waals surface area contributed by atoms with Crippen LogP contribution >= 0.6 is 22.6 Å². The van der Waals surface area contributed by atoms with Crippen molar-refractivity contribution in [3.8, 4) is 0 Å².